The van der Waals surface area contributed by atoms with Crippen molar-refractivity contribution in [2.24, 2.45) is 5.92 Å². The molecule has 0 aliphatic carbocycles. The zero-order valence-electron chi connectivity index (χ0n) is 13.7. The van der Waals surface area contributed by atoms with Crippen LogP contribution >= 0.6 is 0 Å². The van der Waals surface area contributed by atoms with E-state index in [-0.39, 0.29) is 5.91 Å². The fraction of sp³-hybridized carbons (Fsp3) is 0.353. The van der Waals surface area contributed by atoms with Gasteiger partial charge >= 0.3 is 0 Å². The molecule has 1 amide bonds. The summed E-state index contributed by atoms with van der Waals surface area (Å²) < 4.78 is 1.80. The van der Waals surface area contributed by atoms with E-state index < -0.39 is 0 Å². The van der Waals surface area contributed by atoms with Crippen molar-refractivity contribution in [3.63, 3.8) is 0 Å². The Balaban J connectivity index is 1.37. The van der Waals surface area contributed by atoms with Gasteiger partial charge in [-0.25, -0.2) is 0 Å². The van der Waals surface area contributed by atoms with Crippen molar-refractivity contribution in [1.29, 1.82) is 0 Å². The first kappa shape index (κ1) is 15.5. The topological polar surface area (TPSA) is 92.6 Å². The van der Waals surface area contributed by atoms with Gasteiger partial charge in [0, 0.05) is 25.7 Å². The van der Waals surface area contributed by atoms with Crippen LogP contribution in [-0.2, 0) is 13.0 Å². The van der Waals surface area contributed by atoms with Gasteiger partial charge in [0.05, 0.1) is 6.54 Å². The van der Waals surface area contributed by atoms with Gasteiger partial charge in [-0.1, -0.05) is 35.5 Å². The van der Waals surface area contributed by atoms with Crippen molar-refractivity contribution in [3.8, 4) is 0 Å². The summed E-state index contributed by atoms with van der Waals surface area (Å²) in [4.78, 5) is 14.5. The van der Waals surface area contributed by atoms with Crippen molar-refractivity contribution >= 4 is 5.91 Å². The first-order valence-corrected chi connectivity index (χ1v) is 8.37. The second-order valence-electron chi connectivity index (χ2n) is 6.32. The Kier molecular flexibility index (Phi) is 4.24. The Bertz CT molecular complexity index is 828. The van der Waals surface area contributed by atoms with E-state index in [1.807, 2.05) is 41.4 Å². The quantitative estimate of drug-likeness (QED) is 0.754. The number of rotatable bonds is 5. The van der Waals surface area contributed by atoms with E-state index in [2.05, 4.69) is 25.7 Å². The molecule has 1 fully saturated rings. The average Bonchev–Trinajstić information content (AvgIpc) is 3.38. The van der Waals surface area contributed by atoms with Gasteiger partial charge in [-0.2, -0.15) is 10.3 Å². The maximum atomic E-state index is 12.7. The van der Waals surface area contributed by atoms with Gasteiger partial charge < -0.3 is 4.90 Å². The second-order valence-corrected chi connectivity index (χ2v) is 6.32. The molecule has 1 N–H and O–H groups in total. The van der Waals surface area contributed by atoms with Gasteiger partial charge in [0.1, 0.15) is 5.69 Å². The Labute approximate surface area is 144 Å². The van der Waals surface area contributed by atoms with E-state index in [1.54, 1.807) is 10.7 Å². The summed E-state index contributed by atoms with van der Waals surface area (Å²) in [5, 5.41) is 18.4. The molecule has 1 aliphatic rings. The molecule has 8 heteroatoms. The number of carbonyl (C=O) groups is 1. The predicted molar refractivity (Wildman–Crippen MR) is 89.7 cm³/mol. The summed E-state index contributed by atoms with van der Waals surface area (Å²) in [6, 6.07) is 11.9. The maximum Gasteiger partial charge on any atom is 0.274 e. The van der Waals surface area contributed by atoms with Crippen LogP contribution in [-0.4, -0.2) is 54.3 Å². The second kappa shape index (κ2) is 6.84. The van der Waals surface area contributed by atoms with Gasteiger partial charge in [0.25, 0.3) is 5.91 Å². The summed E-state index contributed by atoms with van der Waals surface area (Å²) in [6.45, 7) is 2.11. The molecule has 1 aliphatic heterocycles. The summed E-state index contributed by atoms with van der Waals surface area (Å²) in [5.41, 5.74) is 1.65. The number of hydrogen-bond donors (Lipinski definition) is 1. The molecule has 128 valence electrons. The van der Waals surface area contributed by atoms with E-state index in [1.165, 1.54) is 0 Å². The minimum absolute atomic E-state index is 0.0116. The maximum absolute atomic E-state index is 12.7. The van der Waals surface area contributed by atoms with Crippen LogP contribution in [0.1, 0.15) is 28.3 Å². The number of likely N-dealkylation sites (tertiary alicyclic amines) is 1. The summed E-state index contributed by atoms with van der Waals surface area (Å²) >= 11 is 0. The normalized spacial score (nSPS) is 17.1. The summed E-state index contributed by atoms with van der Waals surface area (Å²) in [5.74, 6) is 1.06. The molecule has 3 aromatic rings. The van der Waals surface area contributed by atoms with Crippen LogP contribution in [0.3, 0.4) is 0 Å². The van der Waals surface area contributed by atoms with Crippen LogP contribution in [0.4, 0.5) is 0 Å². The molecule has 1 aromatic carbocycles. The number of carbonyl (C=O) groups excluding carboxylic acids is 1. The number of nitrogens with zero attached hydrogens (tertiary/aromatic N) is 6. The monoisotopic (exact) mass is 337 g/mol. The van der Waals surface area contributed by atoms with Crippen LogP contribution in [0, 0.1) is 5.92 Å². The molecule has 1 atom stereocenters. The Morgan fingerprint density at radius 1 is 1.24 bits per heavy atom. The Morgan fingerprint density at radius 2 is 2.12 bits per heavy atom. The number of nitrogens with one attached hydrogen (secondary N) is 1. The first-order valence-electron chi connectivity index (χ1n) is 8.37. The van der Waals surface area contributed by atoms with Crippen molar-refractivity contribution in [2.75, 3.05) is 13.1 Å². The van der Waals surface area contributed by atoms with Crippen LogP contribution in [0.15, 0.2) is 42.6 Å². The highest BCUT2D eigenvalue weighted by atomic mass is 16.2. The van der Waals surface area contributed by atoms with Crippen molar-refractivity contribution < 1.29 is 4.79 Å². The molecule has 3 heterocycles. The van der Waals surface area contributed by atoms with E-state index in [4.69, 9.17) is 0 Å². The highest BCUT2D eigenvalue weighted by molar-refractivity contribution is 5.92. The summed E-state index contributed by atoms with van der Waals surface area (Å²) in [6.07, 6.45) is 3.54. The smallest absolute Gasteiger partial charge is 0.274 e. The van der Waals surface area contributed by atoms with Crippen molar-refractivity contribution in [1.82, 2.24) is 35.3 Å². The van der Waals surface area contributed by atoms with Crippen molar-refractivity contribution in [2.45, 2.75) is 19.4 Å². The average molecular weight is 337 g/mol. The Hall–Kier alpha value is -3.03. The fourth-order valence-electron chi connectivity index (χ4n) is 3.21. The third-order valence-corrected chi connectivity index (χ3v) is 4.48. The SMILES string of the molecule is O=C(c1ccn(Cc2ccccc2)n1)N1CCC(Cc2nn[nH]n2)C1. The van der Waals surface area contributed by atoms with E-state index in [0.717, 1.165) is 24.9 Å². The summed E-state index contributed by atoms with van der Waals surface area (Å²) in [7, 11) is 0. The lowest BCUT2D eigenvalue weighted by Crippen LogP contribution is -2.29. The molecular weight excluding hydrogens is 318 g/mol. The minimum atomic E-state index is -0.0116. The molecule has 0 radical (unpaired) electrons. The molecule has 0 bridgehead atoms. The molecule has 0 spiro atoms. The van der Waals surface area contributed by atoms with Crippen LogP contribution in [0.5, 0.6) is 0 Å². The van der Waals surface area contributed by atoms with Crippen LogP contribution in [0.25, 0.3) is 0 Å². The van der Waals surface area contributed by atoms with Crippen LogP contribution in [0.2, 0.25) is 0 Å². The van der Waals surface area contributed by atoms with Gasteiger partial charge in [0.2, 0.25) is 0 Å². The third-order valence-electron chi connectivity index (χ3n) is 4.48. The fourth-order valence-corrected chi connectivity index (χ4v) is 3.21. The zero-order valence-corrected chi connectivity index (χ0v) is 13.7. The lowest BCUT2D eigenvalue weighted by molar-refractivity contribution is 0.0780. The van der Waals surface area contributed by atoms with Crippen LogP contribution < -0.4 is 0 Å². The molecule has 8 nitrogen and oxygen atoms in total. The molecule has 0 saturated carbocycles. The number of hydrogen-bond acceptors (Lipinski definition) is 5. The molecule has 1 saturated heterocycles. The third kappa shape index (κ3) is 3.57. The number of aromatic nitrogens is 6. The number of amides is 1. The number of tetrazole rings is 1. The highest BCUT2D eigenvalue weighted by Gasteiger charge is 2.29. The molecular formula is C17H19N7O. The highest BCUT2D eigenvalue weighted by Crippen LogP contribution is 2.20. The molecule has 2 aromatic heterocycles. The van der Waals surface area contributed by atoms with Gasteiger partial charge in [-0.3, -0.25) is 9.48 Å². The van der Waals surface area contributed by atoms with E-state index in [9.17, 15) is 4.79 Å². The van der Waals surface area contributed by atoms with Gasteiger partial charge in [0.15, 0.2) is 5.82 Å². The first-order chi connectivity index (χ1) is 12.3. The predicted octanol–water partition coefficient (Wildman–Crippen LogP) is 1.15. The van der Waals surface area contributed by atoms with Crippen molar-refractivity contribution in [3.05, 3.63) is 59.7 Å². The number of aromatic amines is 1. The number of benzene rings is 1. The van der Waals surface area contributed by atoms with Gasteiger partial charge in [-0.05, 0) is 24.0 Å². The standard InChI is InChI=1S/C17H19N7O/c25-17(23-8-6-14(11-23)10-16-18-21-22-19-16)15-7-9-24(20-15)12-13-4-2-1-3-5-13/h1-5,7,9,14H,6,8,10-12H2,(H,18,19,21,22). The van der Waals surface area contributed by atoms with E-state index in [0.29, 0.717) is 30.5 Å². The van der Waals surface area contributed by atoms with Gasteiger partial charge in [-0.15, -0.1) is 10.2 Å². The molecule has 4 rings (SSSR count). The number of H-pyrrole nitrogens is 1. The molecule has 1 unspecified atom stereocenters. The minimum Gasteiger partial charge on any atom is -0.337 e. The molecule has 25 heavy (non-hydrogen) atoms. The largest absolute Gasteiger partial charge is 0.337 e. The Morgan fingerprint density at radius 3 is 2.92 bits per heavy atom. The lowest BCUT2D eigenvalue weighted by Gasteiger charge is -2.14. The van der Waals surface area contributed by atoms with E-state index >= 15 is 0 Å². The zero-order chi connectivity index (χ0) is 17.1. The lowest BCUT2D eigenvalue weighted by atomic mass is 10.1.